The van der Waals surface area contributed by atoms with Gasteiger partial charge >= 0.3 is 6.03 Å². The van der Waals surface area contributed by atoms with Gasteiger partial charge in [0, 0.05) is 35.3 Å². The third-order valence-electron chi connectivity index (χ3n) is 6.40. The van der Waals surface area contributed by atoms with Crippen LogP contribution < -0.4 is 19.5 Å². The summed E-state index contributed by atoms with van der Waals surface area (Å²) in [6.45, 7) is 0.493. The Morgan fingerprint density at radius 1 is 1.00 bits per heavy atom. The van der Waals surface area contributed by atoms with Gasteiger partial charge in [0.05, 0.1) is 33.1 Å². The minimum absolute atomic E-state index is 0.294. The van der Waals surface area contributed by atoms with Crippen molar-refractivity contribution in [2.45, 2.75) is 12.5 Å². The van der Waals surface area contributed by atoms with E-state index in [1.165, 1.54) is 39.0 Å². The van der Waals surface area contributed by atoms with Gasteiger partial charge in [-0.05, 0) is 35.7 Å². The number of para-hydroxylation sites is 1. The molecular weight excluding hydrogens is 449 g/mol. The zero-order chi connectivity index (χ0) is 24.5. The van der Waals surface area contributed by atoms with E-state index >= 15 is 0 Å². The second-order valence-corrected chi connectivity index (χ2v) is 8.30. The van der Waals surface area contributed by atoms with Crippen LogP contribution in [0.2, 0.25) is 0 Å². The molecule has 0 saturated carbocycles. The van der Waals surface area contributed by atoms with Gasteiger partial charge in [-0.1, -0.05) is 30.3 Å². The largest absolute Gasteiger partial charge is 0.493 e. The van der Waals surface area contributed by atoms with Gasteiger partial charge in [0.15, 0.2) is 11.5 Å². The van der Waals surface area contributed by atoms with Crippen LogP contribution in [0.5, 0.6) is 17.2 Å². The van der Waals surface area contributed by atoms with E-state index in [1.807, 2.05) is 18.2 Å². The molecule has 0 unspecified atom stereocenters. The standard InChI is InChI=1S/C27H26FN3O4/c1-33-22-14-18(15-23(34-2)26(22)35-3)29-27(32)31-13-12-20-19-6-4-5-7-21(19)30-24(20)25(31)16-8-10-17(28)11-9-16/h4-11,14-15,25,30H,12-13H2,1-3H3,(H,29,32)/t25-/m0/s1. The van der Waals surface area contributed by atoms with Crippen molar-refractivity contribution >= 4 is 22.6 Å². The van der Waals surface area contributed by atoms with Gasteiger partial charge in [0.25, 0.3) is 0 Å². The number of anilines is 1. The molecule has 1 atom stereocenters. The van der Waals surface area contributed by atoms with E-state index in [1.54, 1.807) is 29.2 Å². The average Bonchev–Trinajstić information content (AvgIpc) is 3.26. The summed E-state index contributed by atoms with van der Waals surface area (Å²) in [6.07, 6.45) is 0.694. The fourth-order valence-corrected chi connectivity index (χ4v) is 4.80. The smallest absolute Gasteiger partial charge is 0.322 e. The molecule has 0 fully saturated rings. The van der Waals surface area contributed by atoms with Crippen molar-refractivity contribution in [2.24, 2.45) is 0 Å². The molecule has 2 heterocycles. The van der Waals surface area contributed by atoms with Crippen LogP contribution in [0.3, 0.4) is 0 Å². The van der Waals surface area contributed by atoms with Gasteiger partial charge in [-0.25, -0.2) is 9.18 Å². The highest BCUT2D eigenvalue weighted by Crippen LogP contribution is 2.41. The minimum atomic E-state index is -0.409. The number of nitrogens with one attached hydrogen (secondary N) is 2. The van der Waals surface area contributed by atoms with E-state index in [4.69, 9.17) is 14.2 Å². The van der Waals surface area contributed by atoms with Crippen LogP contribution in [-0.2, 0) is 6.42 Å². The summed E-state index contributed by atoms with van der Waals surface area (Å²) in [6, 6.07) is 17.0. The maximum absolute atomic E-state index is 13.7. The lowest BCUT2D eigenvalue weighted by molar-refractivity contribution is 0.193. The number of methoxy groups -OCH3 is 3. The first kappa shape index (κ1) is 22.6. The Bertz CT molecular complexity index is 1360. The maximum atomic E-state index is 13.7. The molecule has 0 saturated heterocycles. The van der Waals surface area contributed by atoms with Crippen LogP contribution in [0, 0.1) is 5.82 Å². The highest BCUT2D eigenvalue weighted by atomic mass is 19.1. The lowest BCUT2D eigenvalue weighted by atomic mass is 9.92. The van der Waals surface area contributed by atoms with Gasteiger partial charge in [-0.2, -0.15) is 0 Å². The normalized spacial score (nSPS) is 15.0. The number of halogens is 1. The number of carbonyl (C=O) groups excluding carboxylic acids is 1. The van der Waals surface area contributed by atoms with Crippen molar-refractivity contribution in [2.75, 3.05) is 33.2 Å². The third-order valence-corrected chi connectivity index (χ3v) is 6.40. The summed E-state index contributed by atoms with van der Waals surface area (Å²) in [7, 11) is 4.57. The maximum Gasteiger partial charge on any atom is 0.322 e. The van der Waals surface area contributed by atoms with Crippen LogP contribution in [0.15, 0.2) is 60.7 Å². The van der Waals surface area contributed by atoms with Crippen molar-refractivity contribution in [3.05, 3.63) is 83.3 Å². The first-order valence-electron chi connectivity index (χ1n) is 11.3. The van der Waals surface area contributed by atoms with Crippen molar-refractivity contribution < 1.29 is 23.4 Å². The number of rotatable bonds is 5. The second kappa shape index (κ2) is 9.21. The number of benzene rings is 3. The van der Waals surface area contributed by atoms with E-state index in [0.29, 0.717) is 35.9 Å². The lowest BCUT2D eigenvalue weighted by Crippen LogP contribution is -2.43. The highest BCUT2D eigenvalue weighted by Gasteiger charge is 2.34. The summed E-state index contributed by atoms with van der Waals surface area (Å²) in [5.41, 5.74) is 4.44. The highest BCUT2D eigenvalue weighted by molar-refractivity contribution is 5.92. The number of hydrogen-bond acceptors (Lipinski definition) is 4. The average molecular weight is 476 g/mol. The van der Waals surface area contributed by atoms with Gasteiger partial charge in [-0.3, -0.25) is 0 Å². The lowest BCUT2D eigenvalue weighted by Gasteiger charge is -2.36. The number of aromatic nitrogens is 1. The number of hydrogen-bond donors (Lipinski definition) is 2. The molecule has 0 aliphatic carbocycles. The molecule has 1 aliphatic heterocycles. The van der Waals surface area contributed by atoms with Gasteiger partial charge < -0.3 is 29.4 Å². The van der Waals surface area contributed by atoms with Crippen LogP contribution in [-0.4, -0.2) is 43.8 Å². The number of amides is 2. The Balaban J connectivity index is 1.54. The number of aromatic amines is 1. The molecule has 180 valence electrons. The molecule has 2 amide bonds. The van der Waals surface area contributed by atoms with E-state index < -0.39 is 6.04 Å². The van der Waals surface area contributed by atoms with Crippen LogP contribution in [0.4, 0.5) is 14.9 Å². The molecule has 0 bridgehead atoms. The number of urea groups is 1. The zero-order valence-electron chi connectivity index (χ0n) is 19.7. The van der Waals surface area contributed by atoms with Gasteiger partial charge in [0.1, 0.15) is 5.82 Å². The number of carbonyl (C=O) groups is 1. The molecule has 1 aromatic heterocycles. The molecule has 0 radical (unpaired) electrons. The summed E-state index contributed by atoms with van der Waals surface area (Å²) < 4.78 is 29.9. The summed E-state index contributed by atoms with van der Waals surface area (Å²) in [5, 5.41) is 4.11. The topological polar surface area (TPSA) is 75.8 Å². The molecule has 4 aromatic rings. The Kier molecular flexibility index (Phi) is 5.94. The first-order chi connectivity index (χ1) is 17.0. The predicted octanol–water partition coefficient (Wildman–Crippen LogP) is 5.51. The zero-order valence-corrected chi connectivity index (χ0v) is 19.7. The monoisotopic (exact) mass is 475 g/mol. The van der Waals surface area contributed by atoms with Crippen molar-refractivity contribution in [3.63, 3.8) is 0 Å². The van der Waals surface area contributed by atoms with Crippen molar-refractivity contribution in [3.8, 4) is 17.2 Å². The van der Waals surface area contributed by atoms with Crippen molar-refractivity contribution in [1.29, 1.82) is 0 Å². The molecule has 2 N–H and O–H groups in total. The molecule has 5 rings (SSSR count). The fourth-order valence-electron chi connectivity index (χ4n) is 4.80. The van der Waals surface area contributed by atoms with Crippen LogP contribution >= 0.6 is 0 Å². The number of fused-ring (bicyclic) bond motifs is 3. The van der Waals surface area contributed by atoms with E-state index in [-0.39, 0.29) is 11.8 Å². The van der Waals surface area contributed by atoms with E-state index in [9.17, 15) is 9.18 Å². The molecule has 3 aromatic carbocycles. The molecular formula is C27H26FN3O4. The molecule has 7 nitrogen and oxygen atoms in total. The Labute approximate surface area is 202 Å². The SMILES string of the molecule is COc1cc(NC(=O)N2CCc3c([nH]c4ccccc34)[C@@H]2c2ccc(F)cc2)cc(OC)c1OC. The van der Waals surface area contributed by atoms with Crippen LogP contribution in [0.1, 0.15) is 22.9 Å². The quantitative estimate of drug-likeness (QED) is 0.399. The van der Waals surface area contributed by atoms with Crippen molar-refractivity contribution in [1.82, 2.24) is 9.88 Å². The molecule has 1 aliphatic rings. The number of nitrogens with zero attached hydrogens (tertiary/aromatic N) is 1. The van der Waals surface area contributed by atoms with E-state index in [0.717, 1.165) is 22.2 Å². The first-order valence-corrected chi connectivity index (χ1v) is 11.3. The van der Waals surface area contributed by atoms with E-state index in [2.05, 4.69) is 16.4 Å². The molecule has 35 heavy (non-hydrogen) atoms. The summed E-state index contributed by atoms with van der Waals surface area (Å²) in [5.74, 6) is 0.996. The second-order valence-electron chi connectivity index (χ2n) is 8.30. The Morgan fingerprint density at radius 3 is 2.34 bits per heavy atom. The summed E-state index contributed by atoms with van der Waals surface area (Å²) >= 11 is 0. The third kappa shape index (κ3) is 4.01. The fraction of sp³-hybridized carbons (Fsp3) is 0.222. The minimum Gasteiger partial charge on any atom is -0.493 e. The summed E-state index contributed by atoms with van der Waals surface area (Å²) in [4.78, 5) is 18.9. The molecule has 0 spiro atoms. The number of ether oxygens (including phenoxy) is 3. The Hall–Kier alpha value is -4.20. The van der Waals surface area contributed by atoms with Gasteiger partial charge in [-0.15, -0.1) is 0 Å². The van der Waals surface area contributed by atoms with Crippen LogP contribution in [0.25, 0.3) is 10.9 Å². The Morgan fingerprint density at radius 2 is 1.69 bits per heavy atom. The van der Waals surface area contributed by atoms with Gasteiger partial charge in [0.2, 0.25) is 5.75 Å². The number of H-pyrrole nitrogens is 1. The predicted molar refractivity (Wildman–Crippen MR) is 132 cm³/mol. The molecule has 8 heteroatoms.